The number of rotatable bonds is 10. The third-order valence-electron chi connectivity index (χ3n) is 2.59. The molecule has 0 aliphatic heterocycles. The van der Waals surface area contributed by atoms with Gasteiger partial charge in [0.25, 0.3) is 0 Å². The third-order valence-corrected chi connectivity index (χ3v) is 2.59. The summed E-state index contributed by atoms with van der Waals surface area (Å²) in [5.41, 5.74) is 0.594. The molecular weight excluding hydrogens is 304 g/mol. The summed E-state index contributed by atoms with van der Waals surface area (Å²) in [7, 11) is 0. The molecule has 126 valence electrons. The van der Waals surface area contributed by atoms with Gasteiger partial charge in [0.2, 0.25) is 0 Å². The number of hydrogen-bond acceptors (Lipinski definition) is 6. The minimum absolute atomic E-state index is 0.435. The minimum Gasteiger partial charge on any atom is -0.494 e. The first-order valence-corrected chi connectivity index (χ1v) is 7.08. The van der Waals surface area contributed by atoms with E-state index < -0.39 is 25.0 Å². The largest absolute Gasteiger partial charge is 0.494 e. The Labute approximate surface area is 133 Å². The molecule has 8 nitrogen and oxygen atoms in total. The van der Waals surface area contributed by atoms with Crippen molar-refractivity contribution in [3.05, 3.63) is 23.8 Å². The molecule has 0 aliphatic carbocycles. The Morgan fingerprint density at radius 3 is 2.26 bits per heavy atom. The van der Waals surface area contributed by atoms with Crippen molar-refractivity contribution in [1.29, 1.82) is 0 Å². The van der Waals surface area contributed by atoms with Crippen LogP contribution < -0.4 is 9.47 Å². The van der Waals surface area contributed by atoms with Crippen molar-refractivity contribution in [3.63, 3.8) is 0 Å². The molecule has 0 aromatic heterocycles. The standard InChI is InChI=1S/C15H20N2O6/c1-3-22-12-6-5-11(13(7-12)23-4-2)8-16-17(9-14(18)19)10-15(20)21/h5-8H,3-4,9-10H2,1-2H3,(H,18,19)(H,20,21)/b16-8-. The Bertz CT molecular complexity index is 557. The van der Waals surface area contributed by atoms with Gasteiger partial charge in [0.05, 0.1) is 19.4 Å². The summed E-state index contributed by atoms with van der Waals surface area (Å²) in [6.45, 7) is 3.63. The Kier molecular flexibility index (Phi) is 7.38. The van der Waals surface area contributed by atoms with Crippen LogP contribution in [0.1, 0.15) is 19.4 Å². The van der Waals surface area contributed by atoms with Gasteiger partial charge in [-0.05, 0) is 26.0 Å². The first kappa shape index (κ1) is 18.3. The molecule has 0 saturated heterocycles. The van der Waals surface area contributed by atoms with Gasteiger partial charge in [0.15, 0.2) is 0 Å². The molecule has 1 aromatic carbocycles. The molecule has 0 amide bonds. The fourth-order valence-corrected chi connectivity index (χ4v) is 1.75. The normalized spacial score (nSPS) is 10.5. The van der Waals surface area contributed by atoms with Gasteiger partial charge in [-0.15, -0.1) is 0 Å². The number of benzene rings is 1. The Morgan fingerprint density at radius 2 is 1.74 bits per heavy atom. The number of ether oxygens (including phenoxy) is 2. The van der Waals surface area contributed by atoms with Crippen LogP contribution in [0, 0.1) is 0 Å². The average molecular weight is 324 g/mol. The van der Waals surface area contributed by atoms with Crippen molar-refractivity contribution >= 4 is 18.2 Å². The SMILES string of the molecule is CCOc1ccc(/C=N\N(CC(=O)O)CC(=O)O)c(OCC)c1. The van der Waals surface area contributed by atoms with Gasteiger partial charge in [0, 0.05) is 11.6 Å². The zero-order chi connectivity index (χ0) is 17.2. The first-order valence-electron chi connectivity index (χ1n) is 7.08. The first-order chi connectivity index (χ1) is 11.0. The zero-order valence-corrected chi connectivity index (χ0v) is 13.1. The number of carboxylic acids is 2. The summed E-state index contributed by atoms with van der Waals surface area (Å²) in [6.07, 6.45) is 1.37. The van der Waals surface area contributed by atoms with Crippen LogP contribution in [0.5, 0.6) is 11.5 Å². The Hall–Kier alpha value is -2.77. The lowest BCUT2D eigenvalue weighted by Crippen LogP contribution is -2.30. The maximum Gasteiger partial charge on any atom is 0.324 e. The molecule has 0 bridgehead atoms. The monoisotopic (exact) mass is 324 g/mol. The number of nitrogens with zero attached hydrogens (tertiary/aromatic N) is 2. The maximum absolute atomic E-state index is 10.7. The van der Waals surface area contributed by atoms with Gasteiger partial charge < -0.3 is 19.7 Å². The fraction of sp³-hybridized carbons (Fsp3) is 0.400. The molecular formula is C15H20N2O6. The highest BCUT2D eigenvalue weighted by atomic mass is 16.5. The molecule has 1 rings (SSSR count). The third kappa shape index (κ3) is 6.68. The lowest BCUT2D eigenvalue weighted by Gasteiger charge is -2.14. The summed E-state index contributed by atoms with van der Waals surface area (Å²) in [5.74, 6) is -1.17. The van der Waals surface area contributed by atoms with Gasteiger partial charge in [-0.2, -0.15) is 5.10 Å². The summed E-state index contributed by atoms with van der Waals surface area (Å²) in [5, 5.41) is 22.4. The van der Waals surface area contributed by atoms with Crippen molar-refractivity contribution in [3.8, 4) is 11.5 Å². The van der Waals surface area contributed by atoms with E-state index >= 15 is 0 Å². The van der Waals surface area contributed by atoms with Crippen LogP contribution in [0.2, 0.25) is 0 Å². The smallest absolute Gasteiger partial charge is 0.324 e. The van der Waals surface area contributed by atoms with E-state index in [2.05, 4.69) is 5.10 Å². The molecule has 0 saturated carbocycles. The molecule has 1 aromatic rings. The molecule has 0 fully saturated rings. The highest BCUT2D eigenvalue weighted by Crippen LogP contribution is 2.24. The molecule has 23 heavy (non-hydrogen) atoms. The van der Waals surface area contributed by atoms with Gasteiger partial charge in [-0.3, -0.25) is 14.6 Å². The van der Waals surface area contributed by atoms with E-state index in [-0.39, 0.29) is 0 Å². The summed E-state index contributed by atoms with van der Waals surface area (Å²) < 4.78 is 10.9. The highest BCUT2D eigenvalue weighted by molar-refractivity contribution is 5.84. The Morgan fingerprint density at radius 1 is 1.13 bits per heavy atom. The quantitative estimate of drug-likeness (QED) is 0.493. The average Bonchev–Trinajstić information content (AvgIpc) is 2.45. The van der Waals surface area contributed by atoms with E-state index in [1.165, 1.54) is 6.21 Å². The highest BCUT2D eigenvalue weighted by Gasteiger charge is 2.11. The van der Waals surface area contributed by atoms with E-state index in [4.69, 9.17) is 19.7 Å². The number of hydrazone groups is 1. The van der Waals surface area contributed by atoms with Gasteiger partial charge in [0.1, 0.15) is 24.6 Å². The molecule has 0 unspecified atom stereocenters. The molecule has 2 N–H and O–H groups in total. The van der Waals surface area contributed by atoms with Gasteiger partial charge in [-0.1, -0.05) is 0 Å². The second-order valence-electron chi connectivity index (χ2n) is 4.42. The van der Waals surface area contributed by atoms with Crippen LogP contribution in [-0.2, 0) is 9.59 Å². The number of carbonyl (C=O) groups is 2. The lowest BCUT2D eigenvalue weighted by atomic mass is 10.2. The summed E-state index contributed by atoms with van der Waals surface area (Å²) >= 11 is 0. The molecule has 0 atom stereocenters. The topological polar surface area (TPSA) is 109 Å². The van der Waals surface area contributed by atoms with E-state index in [0.717, 1.165) is 5.01 Å². The molecule has 0 heterocycles. The van der Waals surface area contributed by atoms with Crippen molar-refractivity contribution in [2.75, 3.05) is 26.3 Å². The summed E-state index contributed by atoms with van der Waals surface area (Å²) in [4.78, 5) is 21.5. The van der Waals surface area contributed by atoms with E-state index in [0.29, 0.717) is 30.3 Å². The maximum atomic E-state index is 10.7. The zero-order valence-electron chi connectivity index (χ0n) is 13.1. The van der Waals surface area contributed by atoms with E-state index in [9.17, 15) is 9.59 Å². The van der Waals surface area contributed by atoms with Crippen LogP contribution in [0.25, 0.3) is 0 Å². The van der Waals surface area contributed by atoms with E-state index in [1.807, 2.05) is 13.8 Å². The van der Waals surface area contributed by atoms with Crippen molar-refractivity contribution in [2.24, 2.45) is 5.10 Å². The molecule has 0 radical (unpaired) electrons. The predicted octanol–water partition coefficient (Wildman–Crippen LogP) is 1.29. The number of carboxylic acid groups (broad SMARTS) is 2. The summed E-state index contributed by atoms with van der Waals surface area (Å²) in [6, 6.07) is 5.14. The molecule has 0 spiro atoms. The van der Waals surface area contributed by atoms with Gasteiger partial charge >= 0.3 is 11.9 Å². The van der Waals surface area contributed by atoms with Crippen LogP contribution in [0.4, 0.5) is 0 Å². The Balaban J connectivity index is 2.98. The second-order valence-corrected chi connectivity index (χ2v) is 4.42. The molecule has 0 aliphatic rings. The van der Waals surface area contributed by atoms with Crippen molar-refractivity contribution in [2.45, 2.75) is 13.8 Å². The molecule has 8 heteroatoms. The number of aliphatic carboxylic acids is 2. The van der Waals surface area contributed by atoms with Crippen LogP contribution in [0.15, 0.2) is 23.3 Å². The fourth-order valence-electron chi connectivity index (χ4n) is 1.75. The lowest BCUT2D eigenvalue weighted by molar-refractivity contribution is -0.141. The van der Waals surface area contributed by atoms with Gasteiger partial charge in [-0.25, -0.2) is 0 Å². The van der Waals surface area contributed by atoms with Crippen molar-refractivity contribution < 1.29 is 29.3 Å². The minimum atomic E-state index is -1.17. The van der Waals surface area contributed by atoms with Crippen molar-refractivity contribution in [1.82, 2.24) is 5.01 Å². The van der Waals surface area contributed by atoms with E-state index in [1.54, 1.807) is 18.2 Å². The van der Waals surface area contributed by atoms with Crippen LogP contribution in [-0.4, -0.2) is 59.7 Å². The second kappa shape index (κ2) is 9.29. The van der Waals surface area contributed by atoms with Crippen LogP contribution >= 0.6 is 0 Å². The predicted molar refractivity (Wildman–Crippen MR) is 83.2 cm³/mol. The van der Waals surface area contributed by atoms with Crippen LogP contribution in [0.3, 0.4) is 0 Å². The number of hydrogen-bond donors (Lipinski definition) is 2.